The number of pyridine rings is 1. The van der Waals surface area contributed by atoms with Crippen molar-refractivity contribution < 1.29 is 0 Å². The highest BCUT2D eigenvalue weighted by atomic mass is 15.1. The number of nitrogens with one attached hydrogen (secondary N) is 2. The highest BCUT2D eigenvalue weighted by Gasteiger charge is 2.07. The highest BCUT2D eigenvalue weighted by molar-refractivity contribution is 5.70. The van der Waals surface area contributed by atoms with Crippen LogP contribution in [0, 0.1) is 22.7 Å². The molecule has 0 radical (unpaired) electrons. The number of nitrogens with two attached hydrogens (primary N) is 1. The van der Waals surface area contributed by atoms with Crippen molar-refractivity contribution in [1.82, 2.24) is 15.0 Å². The summed E-state index contributed by atoms with van der Waals surface area (Å²) in [6.45, 7) is 1.72. The molecular formula is C13H12N8. The normalized spacial score (nSPS) is 11.0. The number of nitriles is 2. The van der Waals surface area contributed by atoms with Crippen molar-refractivity contribution in [2.75, 3.05) is 16.4 Å². The molecule has 0 aliphatic rings. The Hall–Kier alpha value is -3.39. The molecule has 21 heavy (non-hydrogen) atoms. The van der Waals surface area contributed by atoms with Crippen molar-refractivity contribution in [2.24, 2.45) is 0 Å². The van der Waals surface area contributed by atoms with E-state index < -0.39 is 0 Å². The highest BCUT2D eigenvalue weighted by Crippen LogP contribution is 2.22. The van der Waals surface area contributed by atoms with Crippen LogP contribution in [0.1, 0.15) is 12.5 Å². The van der Waals surface area contributed by atoms with Gasteiger partial charge >= 0.3 is 0 Å². The summed E-state index contributed by atoms with van der Waals surface area (Å²) in [5.41, 5.74) is 7.19. The zero-order chi connectivity index (χ0) is 15.2. The lowest BCUT2D eigenvalue weighted by molar-refractivity contribution is 1.01. The standard InChI is InChI=1S/C13H12N8/c1-8(3-14)20-11-2-12(17-7-10(11)16)21-13-18-5-9(4-15)6-19-13/h2,5-8H,16H2,1H3,(H2,17,18,19,20,21)/t8-/m1/s1. The molecule has 2 rings (SSSR count). The summed E-state index contributed by atoms with van der Waals surface area (Å²) in [5.74, 6) is 0.784. The molecule has 0 aromatic carbocycles. The van der Waals surface area contributed by atoms with E-state index in [9.17, 15) is 0 Å². The molecule has 1 atom stereocenters. The molecule has 0 bridgehead atoms. The molecule has 0 unspecified atom stereocenters. The van der Waals surface area contributed by atoms with Gasteiger partial charge in [-0.3, -0.25) is 0 Å². The van der Waals surface area contributed by atoms with Gasteiger partial charge in [-0.15, -0.1) is 0 Å². The van der Waals surface area contributed by atoms with Gasteiger partial charge in [-0.25, -0.2) is 15.0 Å². The number of aromatic nitrogens is 3. The van der Waals surface area contributed by atoms with E-state index in [4.69, 9.17) is 16.3 Å². The Balaban J connectivity index is 2.18. The Morgan fingerprint density at radius 1 is 1.19 bits per heavy atom. The lowest BCUT2D eigenvalue weighted by atomic mass is 10.3. The van der Waals surface area contributed by atoms with Crippen LogP contribution in [0.2, 0.25) is 0 Å². The number of rotatable bonds is 4. The summed E-state index contributed by atoms with van der Waals surface area (Å²) in [4.78, 5) is 12.1. The molecular weight excluding hydrogens is 268 g/mol. The maximum Gasteiger partial charge on any atom is 0.228 e. The van der Waals surface area contributed by atoms with Crippen molar-refractivity contribution in [3.63, 3.8) is 0 Å². The van der Waals surface area contributed by atoms with E-state index in [-0.39, 0.29) is 6.04 Å². The average molecular weight is 280 g/mol. The maximum atomic E-state index is 8.81. The van der Waals surface area contributed by atoms with Crippen molar-refractivity contribution in [3.8, 4) is 12.1 Å². The SMILES string of the molecule is C[C@H](C#N)Nc1cc(Nc2ncc(C#N)cn2)ncc1N. The van der Waals surface area contributed by atoms with Gasteiger partial charge in [0.1, 0.15) is 17.9 Å². The molecule has 4 N–H and O–H groups in total. The third-order valence-corrected chi connectivity index (χ3v) is 2.52. The first-order chi connectivity index (χ1) is 10.1. The number of hydrogen-bond acceptors (Lipinski definition) is 8. The van der Waals surface area contributed by atoms with Gasteiger partial charge in [-0.05, 0) is 6.92 Å². The fourth-order valence-electron chi connectivity index (χ4n) is 1.49. The van der Waals surface area contributed by atoms with E-state index in [1.165, 1.54) is 18.6 Å². The predicted molar refractivity (Wildman–Crippen MR) is 77.4 cm³/mol. The van der Waals surface area contributed by atoms with Crippen LogP contribution >= 0.6 is 0 Å². The average Bonchev–Trinajstić information content (AvgIpc) is 2.51. The van der Waals surface area contributed by atoms with Crippen LogP contribution in [-0.2, 0) is 0 Å². The van der Waals surface area contributed by atoms with Crippen LogP contribution in [-0.4, -0.2) is 21.0 Å². The molecule has 0 aliphatic heterocycles. The summed E-state index contributed by atoms with van der Waals surface area (Å²) in [6, 6.07) is 5.27. The molecule has 0 fully saturated rings. The minimum atomic E-state index is -0.381. The van der Waals surface area contributed by atoms with Crippen molar-refractivity contribution in [3.05, 3.63) is 30.2 Å². The number of nitrogens with zero attached hydrogens (tertiary/aromatic N) is 5. The Morgan fingerprint density at radius 3 is 2.52 bits per heavy atom. The minimum Gasteiger partial charge on any atom is -0.396 e. The second-order valence-corrected chi connectivity index (χ2v) is 4.18. The molecule has 0 amide bonds. The smallest absolute Gasteiger partial charge is 0.228 e. The number of nitrogen functional groups attached to an aromatic ring is 1. The molecule has 104 valence electrons. The van der Waals surface area contributed by atoms with Crippen LogP contribution in [0.4, 0.5) is 23.1 Å². The topological polar surface area (TPSA) is 136 Å². The molecule has 0 saturated heterocycles. The molecule has 2 aromatic heterocycles. The molecule has 2 aromatic rings. The summed E-state index contributed by atoms with van der Waals surface area (Å²) in [7, 11) is 0. The Morgan fingerprint density at radius 2 is 1.90 bits per heavy atom. The lowest BCUT2D eigenvalue weighted by Crippen LogP contribution is -2.14. The van der Waals surface area contributed by atoms with E-state index in [2.05, 4.69) is 31.7 Å². The molecule has 8 heteroatoms. The third-order valence-electron chi connectivity index (χ3n) is 2.52. The molecule has 0 saturated carbocycles. The van der Waals surface area contributed by atoms with Crippen LogP contribution in [0.25, 0.3) is 0 Å². The van der Waals surface area contributed by atoms with Gasteiger partial charge in [0.2, 0.25) is 5.95 Å². The molecule has 0 aliphatic carbocycles. The first-order valence-corrected chi connectivity index (χ1v) is 6.03. The zero-order valence-electron chi connectivity index (χ0n) is 11.2. The van der Waals surface area contributed by atoms with Gasteiger partial charge in [0.05, 0.1) is 41.6 Å². The second kappa shape index (κ2) is 6.17. The number of anilines is 4. The Bertz CT molecular complexity index is 710. The van der Waals surface area contributed by atoms with Crippen LogP contribution in [0.3, 0.4) is 0 Å². The first kappa shape index (κ1) is 14.0. The van der Waals surface area contributed by atoms with Gasteiger partial charge in [0.25, 0.3) is 0 Å². The monoisotopic (exact) mass is 280 g/mol. The van der Waals surface area contributed by atoms with E-state index in [0.29, 0.717) is 28.7 Å². The largest absolute Gasteiger partial charge is 0.396 e. The Kier molecular flexibility index (Phi) is 4.12. The summed E-state index contributed by atoms with van der Waals surface area (Å²) in [5, 5.41) is 23.3. The summed E-state index contributed by atoms with van der Waals surface area (Å²) < 4.78 is 0. The molecule has 2 heterocycles. The van der Waals surface area contributed by atoms with E-state index in [1.54, 1.807) is 13.0 Å². The minimum absolute atomic E-state index is 0.311. The van der Waals surface area contributed by atoms with Gasteiger partial charge in [0.15, 0.2) is 0 Å². The second-order valence-electron chi connectivity index (χ2n) is 4.18. The van der Waals surface area contributed by atoms with Crippen LogP contribution in [0.5, 0.6) is 0 Å². The summed E-state index contributed by atoms with van der Waals surface area (Å²) >= 11 is 0. The van der Waals surface area contributed by atoms with Crippen LogP contribution < -0.4 is 16.4 Å². The predicted octanol–water partition coefficient (Wildman–Crippen LogP) is 1.39. The summed E-state index contributed by atoms with van der Waals surface area (Å²) in [6.07, 6.45) is 4.28. The van der Waals surface area contributed by atoms with Crippen molar-refractivity contribution in [2.45, 2.75) is 13.0 Å². The van der Waals surface area contributed by atoms with Gasteiger partial charge in [0, 0.05) is 6.07 Å². The van der Waals surface area contributed by atoms with E-state index >= 15 is 0 Å². The maximum absolute atomic E-state index is 8.81. The fourth-order valence-corrected chi connectivity index (χ4v) is 1.49. The quantitative estimate of drug-likeness (QED) is 0.764. The number of hydrogen-bond donors (Lipinski definition) is 3. The van der Waals surface area contributed by atoms with Crippen LogP contribution in [0.15, 0.2) is 24.7 Å². The lowest BCUT2D eigenvalue weighted by Gasteiger charge is -2.12. The zero-order valence-corrected chi connectivity index (χ0v) is 11.2. The van der Waals surface area contributed by atoms with E-state index in [1.807, 2.05) is 6.07 Å². The Labute approximate surface area is 121 Å². The molecule has 0 spiro atoms. The van der Waals surface area contributed by atoms with Crippen molar-refractivity contribution >= 4 is 23.1 Å². The van der Waals surface area contributed by atoms with Gasteiger partial charge in [-0.2, -0.15) is 10.5 Å². The third kappa shape index (κ3) is 3.55. The van der Waals surface area contributed by atoms with Crippen molar-refractivity contribution in [1.29, 1.82) is 10.5 Å². The van der Waals surface area contributed by atoms with E-state index in [0.717, 1.165) is 0 Å². The first-order valence-electron chi connectivity index (χ1n) is 6.03. The van der Waals surface area contributed by atoms with Gasteiger partial charge in [-0.1, -0.05) is 0 Å². The van der Waals surface area contributed by atoms with Gasteiger partial charge < -0.3 is 16.4 Å². The fraction of sp³-hybridized carbons (Fsp3) is 0.154. The molecule has 8 nitrogen and oxygen atoms in total.